The number of benzene rings is 4. The lowest BCUT2D eigenvalue weighted by atomic mass is 9.92. The molecule has 0 radical (unpaired) electrons. The summed E-state index contributed by atoms with van der Waals surface area (Å²) < 4.78 is 81.9. The van der Waals surface area contributed by atoms with E-state index in [2.05, 4.69) is 0 Å². The van der Waals surface area contributed by atoms with Crippen molar-refractivity contribution in [2.45, 2.75) is 45.6 Å². The van der Waals surface area contributed by atoms with Gasteiger partial charge in [-0.25, -0.2) is 18.4 Å². The van der Waals surface area contributed by atoms with Crippen molar-refractivity contribution >= 4 is 12.1 Å². The molecule has 4 aromatic rings. The van der Waals surface area contributed by atoms with Crippen molar-refractivity contribution in [3.8, 4) is 28.0 Å². The Morgan fingerprint density at radius 2 is 1.58 bits per heavy atom. The van der Waals surface area contributed by atoms with Crippen LogP contribution in [-0.2, 0) is 17.5 Å². The van der Waals surface area contributed by atoms with Crippen LogP contribution in [0.5, 0.6) is 5.75 Å². The molecule has 2 atom stereocenters. The van der Waals surface area contributed by atoms with Crippen LogP contribution in [0.3, 0.4) is 0 Å². The summed E-state index contributed by atoms with van der Waals surface area (Å²) in [6, 6.07) is 13.9. The van der Waals surface area contributed by atoms with E-state index in [4.69, 9.17) is 9.47 Å². The summed E-state index contributed by atoms with van der Waals surface area (Å²) in [5, 5.41) is 9.19. The van der Waals surface area contributed by atoms with Crippen molar-refractivity contribution < 1.29 is 46.1 Å². The van der Waals surface area contributed by atoms with E-state index in [9.17, 15) is 32.3 Å². The van der Waals surface area contributed by atoms with Gasteiger partial charge in [-0.2, -0.15) is 13.2 Å². The van der Waals surface area contributed by atoms with Crippen molar-refractivity contribution in [2.75, 3.05) is 7.11 Å². The average molecular weight is 626 g/mol. The second kappa shape index (κ2) is 11.9. The number of carboxylic acid groups (broad SMARTS) is 1. The molecule has 11 heteroatoms. The van der Waals surface area contributed by atoms with Crippen LogP contribution in [0.1, 0.15) is 51.2 Å². The lowest BCUT2D eigenvalue weighted by Crippen LogP contribution is -2.31. The summed E-state index contributed by atoms with van der Waals surface area (Å²) in [4.78, 5) is 25.8. The number of cyclic esters (lactones) is 1. The molecule has 1 aliphatic rings. The molecule has 0 aromatic heterocycles. The van der Waals surface area contributed by atoms with E-state index in [1.807, 2.05) is 13.0 Å². The zero-order chi connectivity index (χ0) is 32.8. The van der Waals surface area contributed by atoms with E-state index in [1.54, 1.807) is 25.1 Å². The normalized spacial score (nSPS) is 16.6. The number of hydrogen-bond acceptors (Lipinski definition) is 4. The number of amides is 1. The molecule has 0 saturated carbocycles. The second-order valence-corrected chi connectivity index (χ2v) is 11.0. The van der Waals surface area contributed by atoms with Gasteiger partial charge in [0.15, 0.2) is 0 Å². The van der Waals surface area contributed by atoms with E-state index >= 15 is 4.39 Å². The Morgan fingerprint density at radius 1 is 0.889 bits per heavy atom. The Hall–Kier alpha value is -4.93. The number of alkyl halides is 3. The number of aryl methyl sites for hydroxylation is 2. The molecule has 1 fully saturated rings. The Labute approximate surface area is 255 Å². The fraction of sp³-hybridized carbons (Fsp3) is 0.235. The van der Waals surface area contributed by atoms with Crippen molar-refractivity contribution in [2.24, 2.45) is 0 Å². The Balaban J connectivity index is 1.55. The number of carbonyl (C=O) groups excluding carboxylic acids is 1. The van der Waals surface area contributed by atoms with Gasteiger partial charge in [0.05, 0.1) is 30.8 Å². The van der Waals surface area contributed by atoms with Crippen LogP contribution in [-0.4, -0.2) is 35.2 Å². The zero-order valence-electron chi connectivity index (χ0n) is 24.6. The van der Waals surface area contributed by atoms with Crippen LogP contribution < -0.4 is 4.74 Å². The van der Waals surface area contributed by atoms with Crippen LogP contribution in [0.2, 0.25) is 0 Å². The van der Waals surface area contributed by atoms with Crippen molar-refractivity contribution in [1.29, 1.82) is 0 Å². The first-order chi connectivity index (χ1) is 21.2. The van der Waals surface area contributed by atoms with E-state index in [1.165, 1.54) is 37.1 Å². The third kappa shape index (κ3) is 6.20. The maximum absolute atomic E-state index is 15.3. The molecule has 6 nitrogen and oxygen atoms in total. The third-order valence-corrected chi connectivity index (χ3v) is 7.83. The number of aromatic carboxylic acids is 1. The molecule has 1 N–H and O–H groups in total. The first-order valence-electron chi connectivity index (χ1n) is 13.8. The summed E-state index contributed by atoms with van der Waals surface area (Å²) in [6.07, 6.45) is -6.25. The Morgan fingerprint density at radius 3 is 2.22 bits per heavy atom. The highest BCUT2D eigenvalue weighted by atomic mass is 19.4. The Bertz CT molecular complexity index is 1820. The summed E-state index contributed by atoms with van der Waals surface area (Å²) in [5.41, 5.74) is 1.48. The minimum atomic E-state index is -4.57. The fourth-order valence-electron chi connectivity index (χ4n) is 5.61. The molecule has 0 spiro atoms. The highest BCUT2D eigenvalue weighted by molar-refractivity contribution is 5.89. The quantitative estimate of drug-likeness (QED) is 0.208. The molecule has 1 amide bonds. The van der Waals surface area contributed by atoms with Gasteiger partial charge in [0.25, 0.3) is 0 Å². The number of hydrogen-bond donors (Lipinski definition) is 1. The van der Waals surface area contributed by atoms with Crippen LogP contribution in [0.15, 0.2) is 66.7 Å². The molecule has 1 heterocycles. The van der Waals surface area contributed by atoms with Gasteiger partial charge in [0, 0.05) is 22.8 Å². The minimum absolute atomic E-state index is 0.0109. The maximum atomic E-state index is 15.3. The highest BCUT2D eigenvalue weighted by Crippen LogP contribution is 2.42. The number of ether oxygens (including phenoxy) is 2. The first kappa shape index (κ1) is 31.5. The van der Waals surface area contributed by atoms with Crippen LogP contribution >= 0.6 is 0 Å². The molecule has 234 valence electrons. The summed E-state index contributed by atoms with van der Waals surface area (Å²) in [5.74, 6) is -2.94. The van der Waals surface area contributed by atoms with Gasteiger partial charge < -0.3 is 14.6 Å². The van der Waals surface area contributed by atoms with E-state index in [-0.39, 0.29) is 34.5 Å². The molecule has 1 saturated heterocycles. The van der Waals surface area contributed by atoms with Gasteiger partial charge in [-0.1, -0.05) is 41.5 Å². The molecule has 1 aliphatic heterocycles. The SMILES string of the molecule is COc1cc(F)c(-c2ccc(C(=O)O)cc2F)cc1-c1ccc(C)cc1CN1C(=O)O[C@H](c2cc(C)cc(C(F)(F)F)c2)[C@@H]1C. The van der Waals surface area contributed by atoms with Gasteiger partial charge in [-0.15, -0.1) is 0 Å². The molecule has 45 heavy (non-hydrogen) atoms. The number of carboxylic acids is 1. The summed E-state index contributed by atoms with van der Waals surface area (Å²) in [7, 11) is 1.34. The van der Waals surface area contributed by atoms with E-state index < -0.39 is 47.6 Å². The molecule has 5 rings (SSSR count). The fourth-order valence-corrected chi connectivity index (χ4v) is 5.61. The van der Waals surface area contributed by atoms with Crippen molar-refractivity contribution in [3.63, 3.8) is 0 Å². The number of halogens is 5. The topological polar surface area (TPSA) is 76.1 Å². The molecule has 0 aliphatic carbocycles. The van der Waals surface area contributed by atoms with Crippen LogP contribution in [0.4, 0.5) is 26.7 Å². The minimum Gasteiger partial charge on any atom is -0.496 e. The largest absolute Gasteiger partial charge is 0.496 e. The molecular weight excluding hydrogens is 597 g/mol. The predicted molar refractivity (Wildman–Crippen MR) is 156 cm³/mol. The Kier molecular flexibility index (Phi) is 8.31. The molecular formula is C34H28F5NO5. The van der Waals surface area contributed by atoms with E-state index in [0.29, 0.717) is 22.3 Å². The first-order valence-corrected chi connectivity index (χ1v) is 13.8. The van der Waals surface area contributed by atoms with Gasteiger partial charge in [-0.3, -0.25) is 4.90 Å². The van der Waals surface area contributed by atoms with Gasteiger partial charge >= 0.3 is 18.2 Å². The van der Waals surface area contributed by atoms with Crippen LogP contribution in [0, 0.1) is 25.5 Å². The molecule has 0 unspecified atom stereocenters. The summed E-state index contributed by atoms with van der Waals surface area (Å²) >= 11 is 0. The maximum Gasteiger partial charge on any atom is 0.416 e. The number of carbonyl (C=O) groups is 2. The number of rotatable bonds is 7. The van der Waals surface area contributed by atoms with Gasteiger partial charge in [0.1, 0.15) is 23.5 Å². The van der Waals surface area contributed by atoms with Crippen molar-refractivity contribution in [1.82, 2.24) is 4.90 Å². The smallest absolute Gasteiger partial charge is 0.416 e. The van der Waals surface area contributed by atoms with Crippen LogP contribution in [0.25, 0.3) is 22.3 Å². The number of methoxy groups -OCH3 is 1. The molecule has 4 aromatic carbocycles. The average Bonchev–Trinajstić information content (AvgIpc) is 3.25. The number of nitrogens with zero attached hydrogens (tertiary/aromatic N) is 1. The highest BCUT2D eigenvalue weighted by Gasteiger charge is 2.41. The third-order valence-electron chi connectivity index (χ3n) is 7.83. The summed E-state index contributed by atoms with van der Waals surface area (Å²) in [6.45, 7) is 5.04. The van der Waals surface area contributed by atoms with Gasteiger partial charge in [-0.05, 0) is 67.8 Å². The predicted octanol–water partition coefficient (Wildman–Crippen LogP) is 8.72. The standard InChI is InChI=1S/C34H28F5NO5/c1-17-5-7-24(27-14-26(29(36)15-30(27)44-4)25-8-6-20(32(41)42)13-28(25)35)22(9-17)16-40-19(3)31(45-33(40)43)21-10-18(2)11-23(12-21)34(37,38)39/h5-15,19,31H,16H2,1-4H3,(H,41,42)/t19-,31-/m0/s1. The lowest BCUT2D eigenvalue weighted by molar-refractivity contribution is -0.137. The zero-order valence-corrected chi connectivity index (χ0v) is 24.6. The van der Waals surface area contributed by atoms with Gasteiger partial charge in [0.2, 0.25) is 0 Å². The monoisotopic (exact) mass is 625 g/mol. The lowest BCUT2D eigenvalue weighted by Gasteiger charge is -2.24. The second-order valence-electron chi connectivity index (χ2n) is 11.0. The van der Waals surface area contributed by atoms with Crippen molar-refractivity contribution in [3.05, 3.63) is 112 Å². The van der Waals surface area contributed by atoms with E-state index in [0.717, 1.165) is 29.8 Å². The molecule has 0 bridgehead atoms.